The first-order valence-electron chi connectivity index (χ1n) is 10.3. The maximum atomic E-state index is 2.54. The molecule has 0 aliphatic carbocycles. The maximum absolute atomic E-state index is 2.54. The number of benzene rings is 1. The van der Waals surface area contributed by atoms with E-state index in [1.165, 1.54) is 38.5 Å². The van der Waals surface area contributed by atoms with Gasteiger partial charge in [0.15, 0.2) is 0 Å². The number of hydrogen-bond acceptors (Lipinski definition) is 0. The van der Waals surface area contributed by atoms with Crippen molar-refractivity contribution in [2.45, 2.75) is 102 Å². The first-order valence-corrected chi connectivity index (χ1v) is 16.8. The van der Waals surface area contributed by atoms with Crippen LogP contribution in [0.5, 0.6) is 0 Å². The Morgan fingerprint density at radius 2 is 0.833 bits per heavy atom. The molecular formula is C22H42Si2. The lowest BCUT2D eigenvalue weighted by molar-refractivity contribution is 0.635. The number of rotatable bonds is 0. The molecule has 1 aromatic carbocycles. The molecule has 0 N–H and O–H groups in total. The minimum atomic E-state index is -0.694. The van der Waals surface area contributed by atoms with Gasteiger partial charge in [0.25, 0.3) is 0 Å². The Morgan fingerprint density at radius 1 is 0.542 bits per heavy atom. The summed E-state index contributed by atoms with van der Waals surface area (Å²) in [6, 6.07) is 15.2. The summed E-state index contributed by atoms with van der Waals surface area (Å²) in [6.45, 7) is 15.1. The molecule has 0 aromatic heterocycles. The van der Waals surface area contributed by atoms with Crippen LogP contribution < -0.4 is 0 Å². The quantitative estimate of drug-likeness (QED) is 0.408. The van der Waals surface area contributed by atoms with Crippen molar-refractivity contribution in [1.29, 1.82) is 0 Å². The van der Waals surface area contributed by atoms with E-state index in [2.05, 4.69) is 40.0 Å². The average Bonchev–Trinajstić information content (AvgIpc) is 2.56. The second-order valence-corrected chi connectivity index (χ2v) is 20.4. The second kappa shape index (κ2) is 10.6. The van der Waals surface area contributed by atoms with Crippen LogP contribution in [0.3, 0.4) is 0 Å². The van der Waals surface area contributed by atoms with Gasteiger partial charge in [-0.2, -0.15) is 0 Å². The van der Waals surface area contributed by atoms with Gasteiger partial charge in [-0.15, -0.1) is 0 Å². The minimum absolute atomic E-state index is 0.694. The van der Waals surface area contributed by atoms with Gasteiger partial charge in [0.1, 0.15) is 0 Å². The van der Waals surface area contributed by atoms with Crippen LogP contribution >= 0.6 is 0 Å². The molecule has 3 rings (SSSR count). The van der Waals surface area contributed by atoms with Crippen LogP contribution in [0.1, 0.15) is 52.4 Å². The first-order chi connectivity index (χ1) is 11.3. The normalized spacial score (nSPS) is 27.8. The standard InChI is InChI=1S/2C8H18Si.C6H6/c2*1-8-6-4-5-7-9(8,2)3;1-2-4-6-5-3-1/h2*8H,4-7H2,1-3H3;1-6H. The molecule has 2 fully saturated rings. The minimum Gasteiger partial charge on any atom is -0.0692 e. The van der Waals surface area contributed by atoms with E-state index in [0.29, 0.717) is 0 Å². The van der Waals surface area contributed by atoms with E-state index in [9.17, 15) is 0 Å². The summed E-state index contributed by atoms with van der Waals surface area (Å²) >= 11 is 0. The zero-order valence-corrected chi connectivity index (χ0v) is 19.3. The average molecular weight is 363 g/mol. The highest BCUT2D eigenvalue weighted by Crippen LogP contribution is 2.37. The molecule has 138 valence electrons. The highest BCUT2D eigenvalue weighted by Gasteiger charge is 2.30. The lowest BCUT2D eigenvalue weighted by atomic mass is 10.2. The van der Waals surface area contributed by atoms with E-state index < -0.39 is 16.1 Å². The van der Waals surface area contributed by atoms with Gasteiger partial charge in [0, 0.05) is 0 Å². The van der Waals surface area contributed by atoms with Gasteiger partial charge in [-0.1, -0.05) is 127 Å². The fraction of sp³-hybridized carbons (Fsp3) is 0.727. The summed E-state index contributed by atoms with van der Waals surface area (Å²) in [5.74, 6) is 0. The van der Waals surface area contributed by atoms with Gasteiger partial charge in [-0.05, 0) is 11.1 Å². The van der Waals surface area contributed by atoms with Crippen molar-refractivity contribution in [2.75, 3.05) is 0 Å². The van der Waals surface area contributed by atoms with E-state index in [0.717, 1.165) is 11.1 Å². The van der Waals surface area contributed by atoms with Crippen molar-refractivity contribution in [3.63, 3.8) is 0 Å². The van der Waals surface area contributed by atoms with Crippen LogP contribution in [0.15, 0.2) is 36.4 Å². The smallest absolute Gasteiger partial charge is 0.0502 e. The maximum Gasteiger partial charge on any atom is 0.0502 e. The zero-order valence-electron chi connectivity index (χ0n) is 17.3. The molecule has 2 unspecified atom stereocenters. The van der Waals surface area contributed by atoms with Crippen LogP contribution in [0.4, 0.5) is 0 Å². The summed E-state index contributed by atoms with van der Waals surface area (Å²) in [5.41, 5.74) is 2.18. The zero-order chi connectivity index (χ0) is 18.1. The SMILES string of the molecule is CC1CCCC[Si]1(C)C.CC1CCCC[Si]1(C)C.c1ccccc1. The Bertz CT molecular complexity index is 372. The van der Waals surface area contributed by atoms with Crippen LogP contribution in [0.25, 0.3) is 0 Å². The predicted molar refractivity (Wildman–Crippen MR) is 118 cm³/mol. The predicted octanol–water partition coefficient (Wildman–Crippen LogP) is 8.22. The van der Waals surface area contributed by atoms with Gasteiger partial charge >= 0.3 is 0 Å². The molecule has 0 nitrogen and oxygen atoms in total. The molecule has 0 bridgehead atoms. The van der Waals surface area contributed by atoms with E-state index in [1.807, 2.05) is 36.4 Å². The fourth-order valence-electron chi connectivity index (χ4n) is 3.72. The Hall–Kier alpha value is -0.346. The fourth-order valence-corrected chi connectivity index (χ4v) is 9.00. The molecular weight excluding hydrogens is 320 g/mol. The van der Waals surface area contributed by atoms with Crippen molar-refractivity contribution in [1.82, 2.24) is 0 Å². The van der Waals surface area contributed by atoms with Crippen molar-refractivity contribution in [2.24, 2.45) is 0 Å². The molecule has 2 aliphatic rings. The monoisotopic (exact) mass is 362 g/mol. The van der Waals surface area contributed by atoms with E-state index in [4.69, 9.17) is 0 Å². The molecule has 0 radical (unpaired) electrons. The van der Waals surface area contributed by atoms with Gasteiger partial charge < -0.3 is 0 Å². The van der Waals surface area contributed by atoms with Crippen LogP contribution in [-0.4, -0.2) is 16.1 Å². The van der Waals surface area contributed by atoms with E-state index in [1.54, 1.807) is 12.1 Å². The van der Waals surface area contributed by atoms with E-state index in [-0.39, 0.29) is 0 Å². The van der Waals surface area contributed by atoms with Gasteiger partial charge in [0.05, 0.1) is 16.1 Å². The molecule has 2 atom stereocenters. The Morgan fingerprint density at radius 3 is 1.00 bits per heavy atom. The van der Waals surface area contributed by atoms with Crippen LogP contribution in [0, 0.1) is 0 Å². The molecule has 2 saturated heterocycles. The van der Waals surface area contributed by atoms with E-state index >= 15 is 0 Å². The third kappa shape index (κ3) is 8.16. The van der Waals surface area contributed by atoms with Gasteiger partial charge in [-0.25, -0.2) is 0 Å². The Kier molecular flexibility index (Phi) is 9.58. The second-order valence-electron chi connectivity index (χ2n) is 9.43. The van der Waals surface area contributed by atoms with Crippen LogP contribution in [-0.2, 0) is 0 Å². The highest BCUT2D eigenvalue weighted by molar-refractivity contribution is 6.79. The third-order valence-electron chi connectivity index (χ3n) is 6.75. The molecule has 24 heavy (non-hydrogen) atoms. The molecule has 0 amide bonds. The number of hydrogen-bond donors (Lipinski definition) is 0. The van der Waals surface area contributed by atoms with Crippen molar-refractivity contribution < 1.29 is 0 Å². The third-order valence-corrected chi connectivity index (χ3v) is 15.9. The summed E-state index contributed by atoms with van der Waals surface area (Å²) in [5, 5.41) is 0. The molecule has 0 saturated carbocycles. The summed E-state index contributed by atoms with van der Waals surface area (Å²) in [7, 11) is -1.39. The van der Waals surface area contributed by atoms with Gasteiger partial charge in [-0.3, -0.25) is 0 Å². The molecule has 2 heteroatoms. The van der Waals surface area contributed by atoms with Crippen LogP contribution in [0.2, 0.25) is 49.4 Å². The largest absolute Gasteiger partial charge is 0.0692 e. The summed E-state index contributed by atoms with van der Waals surface area (Å²) in [6.07, 6.45) is 9.06. The topological polar surface area (TPSA) is 0 Å². The lowest BCUT2D eigenvalue weighted by Crippen LogP contribution is -2.33. The highest BCUT2D eigenvalue weighted by atomic mass is 28.3. The summed E-state index contributed by atoms with van der Waals surface area (Å²) < 4.78 is 0. The Balaban J connectivity index is 0.000000184. The lowest BCUT2D eigenvalue weighted by Gasteiger charge is -2.34. The van der Waals surface area contributed by atoms with Crippen molar-refractivity contribution >= 4 is 16.1 Å². The van der Waals surface area contributed by atoms with Crippen molar-refractivity contribution in [3.05, 3.63) is 36.4 Å². The molecule has 2 aliphatic heterocycles. The van der Waals surface area contributed by atoms with Crippen molar-refractivity contribution in [3.8, 4) is 0 Å². The Labute approximate surface area is 154 Å². The molecule has 2 heterocycles. The summed E-state index contributed by atoms with van der Waals surface area (Å²) in [4.78, 5) is 0. The molecule has 0 spiro atoms. The molecule has 1 aromatic rings. The first kappa shape index (κ1) is 21.7. The van der Waals surface area contributed by atoms with Gasteiger partial charge in [0.2, 0.25) is 0 Å².